The van der Waals surface area contributed by atoms with Crippen molar-refractivity contribution >= 4 is 11.9 Å². The Morgan fingerprint density at radius 1 is 0.768 bits per heavy atom. The van der Waals surface area contributed by atoms with Crippen LogP contribution in [0.15, 0.2) is 119 Å². The molecule has 292 valence electrons. The van der Waals surface area contributed by atoms with Crippen LogP contribution in [0.4, 0.5) is 0 Å². The number of ether oxygens (including phenoxy) is 6. The van der Waals surface area contributed by atoms with Crippen molar-refractivity contribution in [2.75, 3.05) is 21.3 Å². The first-order valence-corrected chi connectivity index (χ1v) is 17.7. The molecule has 1 fully saturated rings. The van der Waals surface area contributed by atoms with E-state index in [1.54, 1.807) is 72.8 Å². The molecule has 1 aliphatic heterocycles. The number of nitrogens with one attached hydrogen (secondary N) is 1. The van der Waals surface area contributed by atoms with Crippen LogP contribution in [-0.4, -0.2) is 77.4 Å². The van der Waals surface area contributed by atoms with E-state index in [1.807, 2.05) is 30.3 Å². The number of aromatic nitrogens is 2. The topological polar surface area (TPSA) is 185 Å². The first kappa shape index (κ1) is 39.3. The number of esters is 1. The van der Waals surface area contributed by atoms with Crippen LogP contribution >= 0.6 is 0 Å². The molecule has 0 bridgehead atoms. The molecule has 1 aliphatic rings. The molecule has 4 aromatic carbocycles. The number of rotatable bonds is 15. The first-order chi connectivity index (χ1) is 27.0. The molecular weight excluding hydrogens is 724 g/mol. The van der Waals surface area contributed by atoms with Gasteiger partial charge in [0.05, 0.1) is 39.6 Å². The van der Waals surface area contributed by atoms with E-state index in [0.717, 1.165) is 4.57 Å². The van der Waals surface area contributed by atoms with Crippen molar-refractivity contribution in [1.82, 2.24) is 9.55 Å². The molecule has 0 amide bonds. The number of aliphatic hydroxyl groups is 1. The zero-order valence-corrected chi connectivity index (χ0v) is 31.1. The predicted octanol–water partition coefficient (Wildman–Crippen LogP) is 4.39. The lowest BCUT2D eigenvalue weighted by Crippen LogP contribution is -2.54. The number of carboxylic acids is 1. The van der Waals surface area contributed by atoms with Crippen LogP contribution in [0.2, 0.25) is 0 Å². The highest BCUT2D eigenvalue weighted by atomic mass is 16.6. The Labute approximate surface area is 321 Å². The SMILES string of the molecule is COc1ccc(C(c2ccccc2)(c2ccc(OC)cc2)C(O)[C@H]2O[C@@H](n3cc(C)c(=O)[nH]c3=O)[C@H](Oc3ccccc3OC)[C@@H]2OC(=O)CCC(=O)O)cc1. The largest absolute Gasteiger partial charge is 0.497 e. The van der Waals surface area contributed by atoms with Gasteiger partial charge in [-0.2, -0.15) is 0 Å². The molecule has 14 heteroatoms. The summed E-state index contributed by atoms with van der Waals surface area (Å²) in [6, 6.07) is 30.0. The van der Waals surface area contributed by atoms with Gasteiger partial charge in [-0.05, 0) is 60.0 Å². The number of nitrogens with zero attached hydrogens (tertiary/aromatic N) is 1. The molecule has 14 nitrogen and oxygen atoms in total. The smallest absolute Gasteiger partial charge is 0.330 e. The minimum Gasteiger partial charge on any atom is -0.497 e. The summed E-state index contributed by atoms with van der Waals surface area (Å²) in [4.78, 5) is 53.4. The molecule has 0 radical (unpaired) electrons. The number of methoxy groups -OCH3 is 3. The summed E-state index contributed by atoms with van der Waals surface area (Å²) in [5, 5.41) is 22.7. The van der Waals surface area contributed by atoms with E-state index in [0.29, 0.717) is 33.9 Å². The minimum atomic E-state index is -1.64. The fourth-order valence-corrected chi connectivity index (χ4v) is 7.13. The van der Waals surface area contributed by atoms with Crippen molar-refractivity contribution in [2.45, 2.75) is 55.8 Å². The van der Waals surface area contributed by atoms with Gasteiger partial charge in [-0.1, -0.05) is 66.7 Å². The maximum absolute atomic E-state index is 13.6. The van der Waals surface area contributed by atoms with Gasteiger partial charge in [-0.3, -0.25) is 23.9 Å². The Morgan fingerprint density at radius 3 is 1.88 bits per heavy atom. The monoisotopic (exact) mass is 766 g/mol. The van der Waals surface area contributed by atoms with Crippen LogP contribution < -0.4 is 30.2 Å². The molecule has 56 heavy (non-hydrogen) atoms. The number of carbonyl (C=O) groups is 2. The number of carbonyl (C=O) groups excluding carboxylic acids is 1. The van der Waals surface area contributed by atoms with Gasteiger partial charge in [0.2, 0.25) is 0 Å². The minimum absolute atomic E-state index is 0.165. The summed E-state index contributed by atoms with van der Waals surface area (Å²) in [5.74, 6) is -0.550. The molecular formula is C42H42N2O12. The quantitative estimate of drug-likeness (QED) is 0.101. The van der Waals surface area contributed by atoms with Crippen LogP contribution in [0.25, 0.3) is 0 Å². The number of hydrogen-bond donors (Lipinski definition) is 3. The second-order valence-electron chi connectivity index (χ2n) is 13.1. The fraction of sp³-hybridized carbons (Fsp3) is 0.286. The number of para-hydroxylation sites is 2. The number of benzene rings is 4. The maximum atomic E-state index is 13.6. The van der Waals surface area contributed by atoms with Crippen molar-refractivity contribution in [3.05, 3.63) is 152 Å². The Kier molecular flexibility index (Phi) is 11.9. The molecule has 0 saturated carbocycles. The molecule has 1 saturated heterocycles. The Hall–Kier alpha value is -6.38. The van der Waals surface area contributed by atoms with Crippen molar-refractivity contribution in [1.29, 1.82) is 0 Å². The number of aryl methyl sites for hydroxylation is 1. The van der Waals surface area contributed by atoms with E-state index in [-0.39, 0.29) is 11.3 Å². The highest BCUT2D eigenvalue weighted by Gasteiger charge is 2.58. The van der Waals surface area contributed by atoms with Crippen LogP contribution in [0.3, 0.4) is 0 Å². The number of aromatic amines is 1. The van der Waals surface area contributed by atoms with E-state index in [9.17, 15) is 29.4 Å². The molecule has 0 spiro atoms. The van der Waals surface area contributed by atoms with Crippen molar-refractivity contribution < 1.29 is 48.2 Å². The number of carboxylic acid groups (broad SMARTS) is 1. The van der Waals surface area contributed by atoms with Crippen LogP contribution in [0.5, 0.6) is 23.0 Å². The molecule has 1 aromatic heterocycles. The van der Waals surface area contributed by atoms with Gasteiger partial charge in [-0.25, -0.2) is 4.79 Å². The normalized spacial score (nSPS) is 18.4. The van der Waals surface area contributed by atoms with E-state index < -0.39 is 72.1 Å². The average molecular weight is 767 g/mol. The van der Waals surface area contributed by atoms with Gasteiger partial charge in [-0.15, -0.1) is 0 Å². The maximum Gasteiger partial charge on any atom is 0.330 e. The van der Waals surface area contributed by atoms with E-state index in [1.165, 1.54) is 34.4 Å². The summed E-state index contributed by atoms with van der Waals surface area (Å²) in [6.45, 7) is 1.50. The number of H-pyrrole nitrogens is 1. The zero-order chi connectivity index (χ0) is 40.0. The predicted molar refractivity (Wildman–Crippen MR) is 202 cm³/mol. The highest BCUT2D eigenvalue weighted by molar-refractivity contribution is 5.76. The molecule has 0 aliphatic carbocycles. The lowest BCUT2D eigenvalue weighted by atomic mass is 9.64. The van der Waals surface area contributed by atoms with Crippen molar-refractivity contribution in [3.63, 3.8) is 0 Å². The van der Waals surface area contributed by atoms with Gasteiger partial charge < -0.3 is 38.6 Å². The summed E-state index contributed by atoms with van der Waals surface area (Å²) < 4.78 is 37.0. The highest BCUT2D eigenvalue weighted by Crippen LogP contribution is 2.48. The first-order valence-electron chi connectivity index (χ1n) is 17.7. The van der Waals surface area contributed by atoms with Gasteiger partial charge in [0.15, 0.2) is 29.9 Å². The Bertz CT molecular complexity index is 2210. The average Bonchev–Trinajstić information content (AvgIpc) is 3.56. The molecule has 1 unspecified atom stereocenters. The standard InChI is InChI=1S/C42H42N2O12/c1-25-24-44(41(50)43-39(25)49)40-37(54-32-13-9-8-12-31(32)53-4)35(55-34(47)23-22-33(45)46)36(56-40)38(48)42(26-10-6-5-7-11-26,27-14-18-29(51-2)19-15-27)28-16-20-30(52-3)21-17-28/h5-21,24,35-38,40,48H,22-23H2,1-4H3,(H,45,46)(H,43,49,50)/t35-,36+,37-,38?,40-/m1/s1. The van der Waals surface area contributed by atoms with Crippen LogP contribution in [0.1, 0.15) is 41.3 Å². The number of hydrogen-bond acceptors (Lipinski definition) is 11. The van der Waals surface area contributed by atoms with Crippen molar-refractivity contribution in [2.24, 2.45) is 0 Å². The lowest BCUT2D eigenvalue weighted by molar-refractivity contribution is -0.161. The third-order valence-corrected chi connectivity index (χ3v) is 9.86. The van der Waals surface area contributed by atoms with Gasteiger partial charge in [0.1, 0.15) is 23.7 Å². The summed E-state index contributed by atoms with van der Waals surface area (Å²) in [6.07, 6.45) is -7.21. The summed E-state index contributed by atoms with van der Waals surface area (Å²) in [5.41, 5.74) is -1.02. The van der Waals surface area contributed by atoms with Crippen LogP contribution in [-0.2, 0) is 24.5 Å². The van der Waals surface area contributed by atoms with Crippen molar-refractivity contribution in [3.8, 4) is 23.0 Å². The number of aliphatic hydroxyl groups excluding tert-OH is 1. The third kappa shape index (κ3) is 7.74. The summed E-state index contributed by atoms with van der Waals surface area (Å²) in [7, 11) is 4.51. The van der Waals surface area contributed by atoms with E-state index >= 15 is 0 Å². The third-order valence-electron chi connectivity index (χ3n) is 9.86. The molecule has 5 atom stereocenters. The molecule has 3 N–H and O–H groups in total. The van der Waals surface area contributed by atoms with Crippen LogP contribution in [0, 0.1) is 6.92 Å². The Morgan fingerprint density at radius 2 is 1.32 bits per heavy atom. The van der Waals surface area contributed by atoms with E-state index in [4.69, 9.17) is 28.4 Å². The second kappa shape index (κ2) is 17.0. The fourth-order valence-electron chi connectivity index (χ4n) is 7.13. The summed E-state index contributed by atoms with van der Waals surface area (Å²) >= 11 is 0. The molecule has 6 rings (SSSR count). The molecule has 5 aromatic rings. The zero-order valence-electron chi connectivity index (χ0n) is 31.1. The van der Waals surface area contributed by atoms with Gasteiger partial charge in [0, 0.05) is 11.8 Å². The lowest BCUT2D eigenvalue weighted by Gasteiger charge is -2.43. The molecule has 2 heterocycles. The van der Waals surface area contributed by atoms with Gasteiger partial charge in [0.25, 0.3) is 5.56 Å². The second-order valence-corrected chi connectivity index (χ2v) is 13.1. The number of aliphatic carboxylic acids is 1. The Balaban J connectivity index is 1.62. The van der Waals surface area contributed by atoms with E-state index in [2.05, 4.69) is 4.98 Å². The van der Waals surface area contributed by atoms with Gasteiger partial charge >= 0.3 is 17.6 Å².